The summed E-state index contributed by atoms with van der Waals surface area (Å²) in [6, 6.07) is 18.0. The van der Waals surface area contributed by atoms with E-state index in [2.05, 4.69) is 32.6 Å². The van der Waals surface area contributed by atoms with Crippen LogP contribution in [-0.4, -0.2) is 60.1 Å². The Morgan fingerprint density at radius 2 is 1.73 bits per heavy atom. The van der Waals surface area contributed by atoms with E-state index in [0.717, 1.165) is 54.7 Å². The van der Waals surface area contributed by atoms with Crippen LogP contribution in [0.5, 0.6) is 0 Å². The van der Waals surface area contributed by atoms with Crippen molar-refractivity contribution in [2.24, 2.45) is 0 Å². The zero-order chi connectivity index (χ0) is 21.2. The molecule has 3 rings (SSSR count). The Labute approximate surface area is 189 Å². The Bertz CT molecular complexity index is 833. The SMILES string of the molecule is O=C(CN1CCCN(C(=S)NCc2ccccc2Cl)CC1)NCCc1ccccc1. The van der Waals surface area contributed by atoms with E-state index in [0.29, 0.717) is 19.6 Å². The molecule has 2 N–H and O–H groups in total. The molecule has 5 nitrogen and oxygen atoms in total. The summed E-state index contributed by atoms with van der Waals surface area (Å²) in [6.07, 6.45) is 1.83. The number of hydrogen-bond donors (Lipinski definition) is 2. The van der Waals surface area contributed by atoms with E-state index < -0.39 is 0 Å². The molecule has 0 aromatic heterocycles. The molecule has 0 bridgehead atoms. The van der Waals surface area contributed by atoms with Gasteiger partial charge in [0, 0.05) is 44.3 Å². The van der Waals surface area contributed by atoms with E-state index in [9.17, 15) is 4.79 Å². The molecule has 30 heavy (non-hydrogen) atoms. The van der Waals surface area contributed by atoms with E-state index in [1.165, 1.54) is 5.56 Å². The number of rotatable bonds is 7. The maximum absolute atomic E-state index is 12.3. The predicted octanol–water partition coefficient (Wildman–Crippen LogP) is 3.08. The monoisotopic (exact) mass is 444 g/mol. The fourth-order valence-electron chi connectivity index (χ4n) is 3.51. The molecule has 1 amide bonds. The van der Waals surface area contributed by atoms with Gasteiger partial charge in [-0.1, -0.05) is 60.1 Å². The first-order valence-electron chi connectivity index (χ1n) is 10.4. The lowest BCUT2D eigenvalue weighted by Gasteiger charge is -2.24. The number of thiocarbonyl (C=S) groups is 1. The minimum absolute atomic E-state index is 0.0822. The second kappa shape index (κ2) is 11.9. The Hall–Kier alpha value is -2.15. The van der Waals surface area contributed by atoms with Crippen molar-refractivity contribution in [2.45, 2.75) is 19.4 Å². The van der Waals surface area contributed by atoms with Gasteiger partial charge >= 0.3 is 0 Å². The van der Waals surface area contributed by atoms with E-state index in [4.69, 9.17) is 23.8 Å². The van der Waals surface area contributed by atoms with E-state index >= 15 is 0 Å². The van der Waals surface area contributed by atoms with Gasteiger partial charge in [0.2, 0.25) is 5.91 Å². The van der Waals surface area contributed by atoms with Crippen molar-refractivity contribution < 1.29 is 4.79 Å². The first kappa shape index (κ1) is 22.5. The topological polar surface area (TPSA) is 47.6 Å². The van der Waals surface area contributed by atoms with Crippen LogP contribution in [0.25, 0.3) is 0 Å². The van der Waals surface area contributed by atoms with Gasteiger partial charge in [-0.3, -0.25) is 9.69 Å². The van der Waals surface area contributed by atoms with Crippen LogP contribution >= 0.6 is 23.8 Å². The average molecular weight is 445 g/mol. The number of carbonyl (C=O) groups is 1. The molecular formula is C23H29ClN4OS. The molecule has 1 saturated heterocycles. The van der Waals surface area contributed by atoms with Gasteiger partial charge in [0.1, 0.15) is 0 Å². The molecule has 1 aliphatic heterocycles. The lowest BCUT2D eigenvalue weighted by atomic mass is 10.1. The summed E-state index contributed by atoms with van der Waals surface area (Å²) in [7, 11) is 0. The summed E-state index contributed by atoms with van der Waals surface area (Å²) in [6.45, 7) is 5.13. The standard InChI is InChI=1S/C23H29ClN4OS/c24-21-10-5-4-9-20(21)17-26-23(30)28-14-6-13-27(15-16-28)18-22(29)25-12-11-19-7-2-1-3-8-19/h1-5,7-10H,6,11-18H2,(H,25,29)(H,26,30). The van der Waals surface area contributed by atoms with Crippen molar-refractivity contribution in [3.05, 3.63) is 70.7 Å². The summed E-state index contributed by atoms with van der Waals surface area (Å²) >= 11 is 11.8. The third-order valence-electron chi connectivity index (χ3n) is 5.21. The molecule has 0 unspecified atom stereocenters. The quantitative estimate of drug-likeness (QED) is 0.643. The second-order valence-corrected chi connectivity index (χ2v) is 8.25. The zero-order valence-corrected chi connectivity index (χ0v) is 18.7. The molecule has 2 aromatic rings. The number of amides is 1. The summed E-state index contributed by atoms with van der Waals surface area (Å²) in [5.41, 5.74) is 2.27. The van der Waals surface area contributed by atoms with Crippen molar-refractivity contribution >= 4 is 34.8 Å². The highest BCUT2D eigenvalue weighted by Crippen LogP contribution is 2.14. The summed E-state index contributed by atoms with van der Waals surface area (Å²) in [4.78, 5) is 16.7. The lowest BCUT2D eigenvalue weighted by Crippen LogP contribution is -2.43. The molecule has 0 spiro atoms. The third-order valence-corrected chi connectivity index (χ3v) is 5.98. The van der Waals surface area contributed by atoms with Gasteiger partial charge in [-0.2, -0.15) is 0 Å². The molecule has 1 fully saturated rings. The molecule has 0 aliphatic carbocycles. The number of benzene rings is 2. The molecular weight excluding hydrogens is 416 g/mol. The van der Waals surface area contributed by atoms with E-state index in [-0.39, 0.29) is 5.91 Å². The summed E-state index contributed by atoms with van der Waals surface area (Å²) < 4.78 is 0. The van der Waals surface area contributed by atoms with Crippen LogP contribution in [0, 0.1) is 0 Å². The molecule has 2 aromatic carbocycles. The van der Waals surface area contributed by atoms with Gasteiger partial charge in [0.25, 0.3) is 0 Å². The predicted molar refractivity (Wildman–Crippen MR) is 127 cm³/mol. The molecule has 160 valence electrons. The van der Waals surface area contributed by atoms with Crippen LogP contribution in [0.4, 0.5) is 0 Å². The fraction of sp³-hybridized carbons (Fsp3) is 0.391. The molecule has 0 saturated carbocycles. The van der Waals surface area contributed by atoms with Gasteiger partial charge in [-0.25, -0.2) is 0 Å². The fourth-order valence-corrected chi connectivity index (χ4v) is 3.96. The molecule has 0 atom stereocenters. The van der Waals surface area contributed by atoms with E-state index in [1.807, 2.05) is 42.5 Å². The molecule has 7 heteroatoms. The first-order chi connectivity index (χ1) is 14.6. The Morgan fingerprint density at radius 3 is 2.53 bits per heavy atom. The van der Waals surface area contributed by atoms with Crippen molar-refractivity contribution in [3.8, 4) is 0 Å². The van der Waals surface area contributed by atoms with Crippen molar-refractivity contribution in [1.82, 2.24) is 20.4 Å². The number of nitrogens with zero attached hydrogens (tertiary/aromatic N) is 2. The zero-order valence-electron chi connectivity index (χ0n) is 17.1. The first-order valence-corrected chi connectivity index (χ1v) is 11.2. The average Bonchev–Trinajstić information content (AvgIpc) is 2.99. The number of halogens is 1. The van der Waals surface area contributed by atoms with Crippen LogP contribution < -0.4 is 10.6 Å². The van der Waals surface area contributed by atoms with Crippen LogP contribution in [0.2, 0.25) is 5.02 Å². The molecule has 1 heterocycles. The highest BCUT2D eigenvalue weighted by molar-refractivity contribution is 7.80. The largest absolute Gasteiger partial charge is 0.358 e. The molecule has 0 radical (unpaired) electrons. The van der Waals surface area contributed by atoms with Gasteiger partial charge < -0.3 is 15.5 Å². The third kappa shape index (κ3) is 7.27. The summed E-state index contributed by atoms with van der Waals surface area (Å²) in [5.74, 6) is 0.0822. The van der Waals surface area contributed by atoms with Crippen molar-refractivity contribution in [2.75, 3.05) is 39.3 Å². The van der Waals surface area contributed by atoms with Gasteiger partial charge in [0.05, 0.1) is 6.54 Å². The minimum Gasteiger partial charge on any atom is -0.358 e. The number of carbonyl (C=O) groups excluding carboxylic acids is 1. The van der Waals surface area contributed by atoms with Gasteiger partial charge in [-0.15, -0.1) is 0 Å². The van der Waals surface area contributed by atoms with Gasteiger partial charge in [-0.05, 0) is 42.3 Å². The smallest absolute Gasteiger partial charge is 0.234 e. The van der Waals surface area contributed by atoms with Crippen LogP contribution in [0.15, 0.2) is 54.6 Å². The Balaban J connectivity index is 1.37. The Morgan fingerprint density at radius 1 is 0.967 bits per heavy atom. The minimum atomic E-state index is 0.0822. The second-order valence-electron chi connectivity index (χ2n) is 7.45. The summed E-state index contributed by atoms with van der Waals surface area (Å²) in [5, 5.41) is 7.83. The number of hydrogen-bond acceptors (Lipinski definition) is 3. The Kier molecular flexibility index (Phi) is 8.93. The van der Waals surface area contributed by atoms with Crippen molar-refractivity contribution in [3.63, 3.8) is 0 Å². The normalized spacial score (nSPS) is 14.8. The molecule has 1 aliphatic rings. The van der Waals surface area contributed by atoms with Crippen LogP contribution in [0.3, 0.4) is 0 Å². The lowest BCUT2D eigenvalue weighted by molar-refractivity contribution is -0.122. The number of nitrogens with one attached hydrogen (secondary N) is 2. The maximum atomic E-state index is 12.3. The van der Waals surface area contributed by atoms with E-state index in [1.54, 1.807) is 0 Å². The highest BCUT2D eigenvalue weighted by atomic mass is 35.5. The van der Waals surface area contributed by atoms with Crippen LogP contribution in [-0.2, 0) is 17.8 Å². The van der Waals surface area contributed by atoms with Gasteiger partial charge in [0.15, 0.2) is 5.11 Å². The highest BCUT2D eigenvalue weighted by Gasteiger charge is 2.18. The van der Waals surface area contributed by atoms with Crippen molar-refractivity contribution in [1.29, 1.82) is 0 Å². The maximum Gasteiger partial charge on any atom is 0.234 e. The van der Waals surface area contributed by atoms with Crippen LogP contribution in [0.1, 0.15) is 17.5 Å².